The van der Waals surface area contributed by atoms with Crippen LogP contribution in [0.15, 0.2) is 243 Å². The summed E-state index contributed by atoms with van der Waals surface area (Å²) >= 11 is 0. The molecule has 0 aliphatic rings. The first-order valence-electron chi connectivity index (χ1n) is 23.2. The molecule has 0 amide bonds. The summed E-state index contributed by atoms with van der Waals surface area (Å²) in [4.78, 5) is 0. The van der Waals surface area contributed by atoms with Gasteiger partial charge in [-0.2, -0.15) is 0 Å². The zero-order valence-corrected chi connectivity index (χ0v) is 36.9. The number of pyridine rings is 1. The van der Waals surface area contributed by atoms with Crippen molar-refractivity contribution in [2.24, 2.45) is 0 Å². The minimum Gasteiger partial charge on any atom is -0.309 e. The third-order valence-corrected chi connectivity index (χ3v) is 14.1. The molecule has 0 radical (unpaired) electrons. The maximum absolute atomic E-state index is 4.81. The normalized spacial score (nSPS) is 11.8. The minimum atomic E-state index is 0.822. The van der Waals surface area contributed by atoms with E-state index in [0.29, 0.717) is 0 Å². The van der Waals surface area contributed by atoms with E-state index in [4.69, 9.17) is 10.2 Å². The molecule has 0 saturated carbocycles. The van der Waals surface area contributed by atoms with Gasteiger partial charge in [0.05, 0.1) is 16.6 Å². The maximum atomic E-state index is 4.81. The van der Waals surface area contributed by atoms with Gasteiger partial charge in [0.1, 0.15) is 0 Å². The van der Waals surface area contributed by atoms with Gasteiger partial charge in [-0.25, -0.2) is 0 Å². The number of para-hydroxylation sites is 1. The summed E-state index contributed by atoms with van der Waals surface area (Å²) in [5.41, 5.74) is 16.0. The lowest BCUT2D eigenvalue weighted by atomic mass is 9.95. The summed E-state index contributed by atoms with van der Waals surface area (Å²) < 4.78 is 4.61. The van der Waals surface area contributed by atoms with Gasteiger partial charge in [0.15, 0.2) is 11.5 Å². The van der Waals surface area contributed by atoms with E-state index >= 15 is 0 Å². The van der Waals surface area contributed by atoms with Crippen LogP contribution in [0.1, 0.15) is 0 Å². The van der Waals surface area contributed by atoms with Crippen molar-refractivity contribution < 1.29 is 0 Å². The molecule has 0 atom stereocenters. The first-order valence-corrected chi connectivity index (χ1v) is 23.2. The van der Waals surface area contributed by atoms with Gasteiger partial charge in [0.2, 0.25) is 0 Å². The number of benzene rings is 11. The third kappa shape index (κ3) is 6.01. The molecule has 3 aromatic heterocycles. The van der Waals surface area contributed by atoms with E-state index < -0.39 is 0 Å². The van der Waals surface area contributed by atoms with Crippen LogP contribution in [0.25, 0.3) is 132 Å². The van der Waals surface area contributed by atoms with Crippen LogP contribution in [-0.2, 0) is 0 Å². The fourth-order valence-electron chi connectivity index (χ4n) is 10.7. The highest BCUT2D eigenvalue weighted by Gasteiger charge is 2.19. The van der Waals surface area contributed by atoms with Crippen molar-refractivity contribution >= 4 is 70.7 Å². The van der Waals surface area contributed by atoms with E-state index in [1.165, 1.54) is 87.6 Å². The van der Waals surface area contributed by atoms with Gasteiger partial charge in [-0.1, -0.05) is 188 Å². The van der Waals surface area contributed by atoms with Crippen LogP contribution < -0.4 is 0 Å². The lowest BCUT2D eigenvalue weighted by Crippen LogP contribution is -1.96. The molecule has 0 spiro atoms. The highest BCUT2D eigenvalue weighted by molar-refractivity contribution is 6.13. The van der Waals surface area contributed by atoms with Crippen molar-refractivity contribution in [1.82, 2.24) is 19.2 Å². The number of fused-ring (bicyclic) bond motifs is 11. The fourth-order valence-corrected chi connectivity index (χ4v) is 10.7. The Kier molecular flexibility index (Phi) is 8.55. The van der Waals surface area contributed by atoms with E-state index in [0.717, 1.165) is 44.7 Å². The molecule has 68 heavy (non-hydrogen) atoms. The number of rotatable bonds is 6. The predicted molar refractivity (Wildman–Crippen MR) is 285 cm³/mol. The second-order valence-corrected chi connectivity index (χ2v) is 17.8. The molecule has 0 aliphatic heterocycles. The highest BCUT2D eigenvalue weighted by Crippen LogP contribution is 2.40. The lowest BCUT2D eigenvalue weighted by molar-refractivity contribution is 1.11. The molecule has 0 aliphatic carbocycles. The van der Waals surface area contributed by atoms with Gasteiger partial charge in [0, 0.05) is 32.8 Å². The Morgan fingerprint density at radius 3 is 1.28 bits per heavy atom. The molecule has 0 N–H and O–H groups in total. The van der Waals surface area contributed by atoms with Crippen molar-refractivity contribution in [3.05, 3.63) is 243 Å². The highest BCUT2D eigenvalue weighted by atomic mass is 15.2. The van der Waals surface area contributed by atoms with E-state index in [1.54, 1.807) is 0 Å². The van der Waals surface area contributed by atoms with Gasteiger partial charge in [-0.3, -0.25) is 4.40 Å². The number of aromatic nitrogens is 4. The quantitative estimate of drug-likeness (QED) is 0.156. The first-order chi connectivity index (χ1) is 33.7. The Hall–Kier alpha value is -9.12. The van der Waals surface area contributed by atoms with Gasteiger partial charge in [-0.15, -0.1) is 10.2 Å². The molecule has 11 aromatic carbocycles. The van der Waals surface area contributed by atoms with Crippen LogP contribution in [0.4, 0.5) is 0 Å². The van der Waals surface area contributed by atoms with Crippen LogP contribution in [0, 0.1) is 0 Å². The molecule has 3 heterocycles. The van der Waals surface area contributed by atoms with Crippen molar-refractivity contribution in [2.75, 3.05) is 0 Å². The summed E-state index contributed by atoms with van der Waals surface area (Å²) in [7, 11) is 0. The molecule has 0 saturated heterocycles. The monoisotopic (exact) mass is 864 g/mol. The number of hydrogen-bond acceptors (Lipinski definition) is 2. The maximum Gasteiger partial charge on any atom is 0.169 e. The lowest BCUT2D eigenvalue weighted by Gasteiger charge is -2.11. The summed E-state index contributed by atoms with van der Waals surface area (Å²) in [6.45, 7) is 0. The molecule has 14 aromatic rings. The summed E-state index contributed by atoms with van der Waals surface area (Å²) in [5, 5.41) is 20.5. The molecule has 0 unspecified atom stereocenters. The SMILES string of the molecule is c1ccc2c(-c3ccc(-c4ccc5c(c4)c4cc(-c6ccc(-c7cccc8ccccc78)cc6)ccc4n5-c4ccc(-c5nnc6c7ccccc7c7ccccc7n56)cc4)cc3)cccc2c1. The van der Waals surface area contributed by atoms with E-state index in [9.17, 15) is 0 Å². The molecule has 14 rings (SSSR count). The van der Waals surface area contributed by atoms with Crippen molar-refractivity contribution in [1.29, 1.82) is 0 Å². The Balaban J connectivity index is 0.893. The molecule has 0 fully saturated rings. The number of nitrogens with zero attached hydrogens (tertiary/aromatic N) is 4. The second-order valence-electron chi connectivity index (χ2n) is 17.8. The predicted octanol–water partition coefficient (Wildman–Crippen LogP) is 16.8. The molecule has 4 heteroatoms. The van der Waals surface area contributed by atoms with Crippen molar-refractivity contribution in [2.45, 2.75) is 0 Å². The fraction of sp³-hybridized carbons (Fsp3) is 0. The molecular weight excluding hydrogens is 825 g/mol. The van der Waals surface area contributed by atoms with Gasteiger partial charge >= 0.3 is 0 Å². The van der Waals surface area contributed by atoms with Crippen LogP contribution >= 0.6 is 0 Å². The molecule has 4 nitrogen and oxygen atoms in total. The van der Waals surface area contributed by atoms with Crippen LogP contribution in [0.5, 0.6) is 0 Å². The topological polar surface area (TPSA) is 35.1 Å². The number of hydrogen-bond donors (Lipinski definition) is 0. The van der Waals surface area contributed by atoms with E-state index in [-0.39, 0.29) is 0 Å². The molecule has 0 bridgehead atoms. The van der Waals surface area contributed by atoms with E-state index in [2.05, 4.69) is 252 Å². The molecular formula is C64H40N4. The van der Waals surface area contributed by atoms with Crippen molar-refractivity contribution in [3.63, 3.8) is 0 Å². The standard InChI is InChI=1S/C64H40N4/c1-3-15-51-43(11-1)13-9-20-53(51)45-27-23-41(24-28-45)48-33-37-61-58(39-48)59-40-49(42-25-29-46(30-26-42)54-21-10-14-44-12-2-4-16-52(44)54)34-38-62(59)67(61)50-35-31-47(32-36-50)63-65-66-64-57-19-6-5-17-55(57)56-18-7-8-22-60(56)68(63)64/h1-40H. The first kappa shape index (κ1) is 38.2. The summed E-state index contributed by atoms with van der Waals surface area (Å²) in [6, 6.07) is 88.1. The van der Waals surface area contributed by atoms with Crippen molar-refractivity contribution in [3.8, 4) is 61.6 Å². The Morgan fingerprint density at radius 1 is 0.265 bits per heavy atom. The van der Waals surface area contributed by atoms with Gasteiger partial charge in [0.25, 0.3) is 0 Å². The van der Waals surface area contributed by atoms with E-state index in [1.807, 2.05) is 0 Å². The van der Waals surface area contributed by atoms with Crippen LogP contribution in [-0.4, -0.2) is 19.2 Å². The third-order valence-electron chi connectivity index (χ3n) is 14.1. The average molecular weight is 865 g/mol. The Bertz CT molecular complexity index is 4100. The zero-order chi connectivity index (χ0) is 44.7. The van der Waals surface area contributed by atoms with Gasteiger partial charge in [-0.05, 0) is 126 Å². The average Bonchev–Trinajstić information content (AvgIpc) is 4.01. The van der Waals surface area contributed by atoms with Crippen LogP contribution in [0.2, 0.25) is 0 Å². The molecule has 316 valence electrons. The second kappa shape index (κ2) is 15.2. The Labute approximate surface area is 392 Å². The minimum absolute atomic E-state index is 0.822. The Morgan fingerprint density at radius 2 is 0.706 bits per heavy atom. The zero-order valence-electron chi connectivity index (χ0n) is 36.9. The smallest absolute Gasteiger partial charge is 0.169 e. The summed E-state index contributed by atoms with van der Waals surface area (Å²) in [5.74, 6) is 0.822. The van der Waals surface area contributed by atoms with Gasteiger partial charge < -0.3 is 4.57 Å². The van der Waals surface area contributed by atoms with Crippen LogP contribution in [0.3, 0.4) is 0 Å². The largest absolute Gasteiger partial charge is 0.309 e. The summed E-state index contributed by atoms with van der Waals surface area (Å²) in [6.07, 6.45) is 0.